The van der Waals surface area contributed by atoms with Crippen LogP contribution in [0.2, 0.25) is 0 Å². The van der Waals surface area contributed by atoms with Gasteiger partial charge in [-0.3, -0.25) is 0 Å². The molecule has 28 heavy (non-hydrogen) atoms. The van der Waals surface area contributed by atoms with Gasteiger partial charge in [-0.1, -0.05) is 30.0 Å². The van der Waals surface area contributed by atoms with Crippen LogP contribution in [0.3, 0.4) is 0 Å². The lowest BCUT2D eigenvalue weighted by atomic mass is 10.1. The quantitative estimate of drug-likeness (QED) is 0.475. The zero-order chi connectivity index (χ0) is 19.6. The number of anilines is 1. The zero-order valence-corrected chi connectivity index (χ0v) is 16.2. The molecule has 4 rings (SSSR count). The van der Waals surface area contributed by atoms with Gasteiger partial charge in [0.1, 0.15) is 5.82 Å². The summed E-state index contributed by atoms with van der Waals surface area (Å²) >= 11 is 0. The third kappa shape index (κ3) is 4.05. The Kier molecular flexibility index (Phi) is 4.58. The molecular weight excluding hydrogens is 346 g/mol. The lowest BCUT2D eigenvalue weighted by Gasteiger charge is -2.22. The van der Waals surface area contributed by atoms with Crippen molar-refractivity contribution in [1.29, 1.82) is 0 Å². The second-order valence-corrected chi connectivity index (χ2v) is 7.60. The second kappa shape index (κ2) is 7.21. The van der Waals surface area contributed by atoms with Crippen molar-refractivity contribution in [3.63, 3.8) is 0 Å². The molecule has 0 atom stereocenters. The van der Waals surface area contributed by atoms with E-state index in [1.807, 2.05) is 60.7 Å². The number of hydrogen-bond acceptors (Lipinski definition) is 4. The van der Waals surface area contributed by atoms with E-state index in [2.05, 4.69) is 42.9 Å². The summed E-state index contributed by atoms with van der Waals surface area (Å²) in [5.74, 6) is 8.41. The van der Waals surface area contributed by atoms with Crippen molar-refractivity contribution in [1.82, 2.24) is 9.97 Å². The van der Waals surface area contributed by atoms with Gasteiger partial charge in [-0.2, -0.15) is 0 Å². The Morgan fingerprint density at radius 1 is 0.857 bits per heavy atom. The molecule has 0 radical (unpaired) electrons. The van der Waals surface area contributed by atoms with Crippen molar-refractivity contribution in [3.05, 3.63) is 78.1 Å². The fourth-order valence-electron chi connectivity index (χ4n) is 2.84. The number of fused-ring (bicyclic) bond motifs is 1. The lowest BCUT2D eigenvalue weighted by molar-refractivity contribution is 0.577. The van der Waals surface area contributed by atoms with Crippen LogP contribution in [0.4, 0.5) is 5.82 Å². The van der Waals surface area contributed by atoms with Crippen molar-refractivity contribution < 1.29 is 4.42 Å². The standard InChI is InChI=1S/C24H21N3O/c1-24(2,3)27-22-19-16-18(12-11-17-8-5-4-6-9-17)13-14-20(19)25-23(26-22)21-10-7-15-28-21/h4-10,13-16H,1-3H3,(H,25,26,27). The van der Waals surface area contributed by atoms with E-state index in [1.54, 1.807) is 6.26 Å². The van der Waals surface area contributed by atoms with E-state index in [-0.39, 0.29) is 5.54 Å². The summed E-state index contributed by atoms with van der Waals surface area (Å²) in [5.41, 5.74) is 2.61. The molecule has 0 spiro atoms. The molecule has 2 heterocycles. The van der Waals surface area contributed by atoms with E-state index in [0.717, 1.165) is 27.8 Å². The molecule has 4 aromatic rings. The average Bonchev–Trinajstić information content (AvgIpc) is 3.21. The van der Waals surface area contributed by atoms with Gasteiger partial charge in [-0.15, -0.1) is 0 Å². The Morgan fingerprint density at radius 2 is 1.64 bits per heavy atom. The molecule has 0 saturated carbocycles. The topological polar surface area (TPSA) is 51.0 Å². The highest BCUT2D eigenvalue weighted by atomic mass is 16.3. The largest absolute Gasteiger partial charge is 0.461 e. The van der Waals surface area contributed by atoms with Crippen molar-refractivity contribution in [3.8, 4) is 23.4 Å². The summed E-state index contributed by atoms with van der Waals surface area (Å²) < 4.78 is 5.49. The first-order valence-electron chi connectivity index (χ1n) is 9.19. The SMILES string of the molecule is CC(C)(C)Nc1nc(-c2ccco2)nc2ccc(C#Cc3ccccc3)cc12. The lowest BCUT2D eigenvalue weighted by Crippen LogP contribution is -2.27. The van der Waals surface area contributed by atoms with E-state index in [9.17, 15) is 0 Å². The summed E-state index contributed by atoms with van der Waals surface area (Å²) in [7, 11) is 0. The third-order valence-corrected chi connectivity index (χ3v) is 4.06. The molecule has 2 aromatic carbocycles. The van der Waals surface area contributed by atoms with Gasteiger partial charge in [-0.05, 0) is 63.2 Å². The predicted molar refractivity (Wildman–Crippen MR) is 113 cm³/mol. The molecular formula is C24H21N3O. The second-order valence-electron chi connectivity index (χ2n) is 7.60. The zero-order valence-electron chi connectivity index (χ0n) is 16.2. The highest BCUT2D eigenvalue weighted by Crippen LogP contribution is 2.28. The normalized spacial score (nSPS) is 11.1. The van der Waals surface area contributed by atoms with Crippen LogP contribution in [0.25, 0.3) is 22.5 Å². The molecule has 4 nitrogen and oxygen atoms in total. The molecule has 138 valence electrons. The summed E-state index contributed by atoms with van der Waals surface area (Å²) in [6, 6.07) is 19.7. The Balaban J connectivity index is 1.82. The van der Waals surface area contributed by atoms with Crippen LogP contribution in [0.5, 0.6) is 0 Å². The minimum atomic E-state index is -0.145. The van der Waals surface area contributed by atoms with Gasteiger partial charge < -0.3 is 9.73 Å². The molecule has 0 aliphatic rings. The fourth-order valence-corrected chi connectivity index (χ4v) is 2.84. The number of nitrogens with zero attached hydrogens (tertiary/aromatic N) is 2. The summed E-state index contributed by atoms with van der Waals surface area (Å²) in [4.78, 5) is 9.40. The Bertz CT molecular complexity index is 1160. The molecule has 0 aliphatic carbocycles. The molecule has 0 bridgehead atoms. The van der Waals surface area contributed by atoms with Crippen LogP contribution in [0.15, 0.2) is 71.3 Å². The van der Waals surface area contributed by atoms with E-state index in [0.29, 0.717) is 11.6 Å². The number of furan rings is 1. The minimum absolute atomic E-state index is 0.145. The maximum Gasteiger partial charge on any atom is 0.198 e. The number of rotatable bonds is 2. The predicted octanol–water partition coefficient (Wildman–Crippen LogP) is 5.50. The maximum atomic E-state index is 5.49. The van der Waals surface area contributed by atoms with Gasteiger partial charge in [0.05, 0.1) is 11.8 Å². The van der Waals surface area contributed by atoms with Gasteiger partial charge in [-0.25, -0.2) is 9.97 Å². The Morgan fingerprint density at radius 3 is 2.36 bits per heavy atom. The van der Waals surface area contributed by atoms with Crippen LogP contribution < -0.4 is 5.32 Å². The molecule has 0 saturated heterocycles. The smallest absolute Gasteiger partial charge is 0.198 e. The van der Waals surface area contributed by atoms with Crippen LogP contribution in [-0.2, 0) is 0 Å². The maximum absolute atomic E-state index is 5.49. The van der Waals surface area contributed by atoms with Crippen molar-refractivity contribution in [2.75, 3.05) is 5.32 Å². The first kappa shape index (κ1) is 17.8. The first-order chi connectivity index (χ1) is 13.5. The number of hydrogen-bond donors (Lipinski definition) is 1. The molecule has 0 unspecified atom stereocenters. The van der Waals surface area contributed by atoms with E-state index < -0.39 is 0 Å². The number of aromatic nitrogens is 2. The molecule has 1 N–H and O–H groups in total. The van der Waals surface area contributed by atoms with Crippen molar-refractivity contribution in [2.45, 2.75) is 26.3 Å². The van der Waals surface area contributed by atoms with Gasteiger partial charge >= 0.3 is 0 Å². The van der Waals surface area contributed by atoms with E-state index in [1.165, 1.54) is 0 Å². The summed E-state index contributed by atoms with van der Waals surface area (Å²) in [6.07, 6.45) is 1.63. The van der Waals surface area contributed by atoms with Crippen molar-refractivity contribution >= 4 is 16.7 Å². The third-order valence-electron chi connectivity index (χ3n) is 4.06. The van der Waals surface area contributed by atoms with Crippen molar-refractivity contribution in [2.24, 2.45) is 0 Å². The molecule has 0 fully saturated rings. The summed E-state index contributed by atoms with van der Waals surface area (Å²) in [5, 5.41) is 4.42. The summed E-state index contributed by atoms with van der Waals surface area (Å²) in [6.45, 7) is 6.31. The molecule has 4 heteroatoms. The highest BCUT2D eigenvalue weighted by molar-refractivity contribution is 5.91. The Hall–Kier alpha value is -3.58. The van der Waals surface area contributed by atoms with Gasteiger partial charge in [0.25, 0.3) is 0 Å². The molecule has 0 aliphatic heterocycles. The van der Waals surface area contributed by atoms with Crippen LogP contribution in [0.1, 0.15) is 31.9 Å². The van der Waals surface area contributed by atoms with Crippen LogP contribution in [-0.4, -0.2) is 15.5 Å². The van der Waals surface area contributed by atoms with Gasteiger partial charge in [0.15, 0.2) is 11.6 Å². The fraction of sp³-hybridized carbons (Fsp3) is 0.167. The van der Waals surface area contributed by atoms with E-state index in [4.69, 9.17) is 9.40 Å². The Labute approximate surface area is 164 Å². The van der Waals surface area contributed by atoms with Crippen LogP contribution in [0, 0.1) is 11.8 Å². The first-order valence-corrected chi connectivity index (χ1v) is 9.19. The molecule has 0 amide bonds. The van der Waals surface area contributed by atoms with Crippen LogP contribution >= 0.6 is 0 Å². The minimum Gasteiger partial charge on any atom is -0.461 e. The molecule has 2 aromatic heterocycles. The monoisotopic (exact) mass is 367 g/mol. The van der Waals surface area contributed by atoms with Gasteiger partial charge in [0.2, 0.25) is 0 Å². The number of benzene rings is 2. The highest BCUT2D eigenvalue weighted by Gasteiger charge is 2.16. The van der Waals surface area contributed by atoms with E-state index >= 15 is 0 Å². The number of nitrogens with one attached hydrogen (secondary N) is 1. The average molecular weight is 367 g/mol. The van der Waals surface area contributed by atoms with Gasteiger partial charge in [0, 0.05) is 22.1 Å².